The fourth-order valence-corrected chi connectivity index (χ4v) is 2.44. The zero-order valence-corrected chi connectivity index (χ0v) is 11.9. The van der Waals surface area contributed by atoms with Crippen molar-refractivity contribution >= 4 is 23.4 Å². The van der Waals surface area contributed by atoms with E-state index < -0.39 is 0 Å². The number of likely N-dealkylation sites (tertiary alicyclic amines) is 1. The van der Waals surface area contributed by atoms with Gasteiger partial charge in [-0.1, -0.05) is 0 Å². The van der Waals surface area contributed by atoms with Crippen molar-refractivity contribution in [1.29, 1.82) is 0 Å². The Morgan fingerprint density at radius 3 is 2.45 bits per heavy atom. The Morgan fingerprint density at radius 1 is 1.25 bits per heavy atom. The Morgan fingerprint density at radius 2 is 1.90 bits per heavy atom. The first kappa shape index (κ1) is 14.5. The predicted octanol–water partition coefficient (Wildman–Crippen LogP) is -0.278. The lowest BCUT2D eigenvalue weighted by atomic mass is 10.0. The van der Waals surface area contributed by atoms with Crippen LogP contribution >= 0.6 is 0 Å². The quantitative estimate of drug-likeness (QED) is 0.755. The van der Waals surface area contributed by atoms with E-state index >= 15 is 0 Å². The van der Waals surface area contributed by atoms with Crippen molar-refractivity contribution in [3.05, 3.63) is 0 Å². The van der Waals surface area contributed by atoms with Crippen molar-refractivity contribution in [1.82, 2.24) is 15.2 Å². The Hall–Kier alpha value is -1.92. The first-order valence-electron chi connectivity index (χ1n) is 6.88. The lowest BCUT2D eigenvalue weighted by Gasteiger charge is -2.32. The molecule has 2 rings (SSSR count). The van der Waals surface area contributed by atoms with Crippen LogP contribution in [0.3, 0.4) is 0 Å². The summed E-state index contributed by atoms with van der Waals surface area (Å²) in [6.45, 7) is 2.90. The number of hydrazone groups is 1. The molecule has 1 fully saturated rings. The molecule has 7 heteroatoms. The van der Waals surface area contributed by atoms with Gasteiger partial charge < -0.3 is 10.2 Å². The van der Waals surface area contributed by atoms with Gasteiger partial charge in [0.05, 0.1) is 0 Å². The first-order valence-corrected chi connectivity index (χ1v) is 6.88. The zero-order valence-electron chi connectivity index (χ0n) is 11.9. The zero-order chi connectivity index (χ0) is 14.7. The van der Waals surface area contributed by atoms with Crippen LogP contribution in [-0.4, -0.2) is 59.5 Å². The average Bonchev–Trinajstić information content (AvgIpc) is 2.42. The molecule has 0 aromatic heterocycles. The number of rotatable bonds is 2. The maximum atomic E-state index is 12.1. The number of nitrogens with one attached hydrogen (secondary N) is 1. The molecule has 0 aromatic carbocycles. The number of carbonyl (C=O) groups is 3. The molecular formula is C13H20N4O3. The highest BCUT2D eigenvalue weighted by atomic mass is 16.2. The van der Waals surface area contributed by atoms with Gasteiger partial charge in [-0.2, -0.15) is 5.10 Å². The molecule has 0 saturated carbocycles. The van der Waals surface area contributed by atoms with Crippen molar-refractivity contribution in [3.8, 4) is 0 Å². The minimum atomic E-state index is -0.203. The summed E-state index contributed by atoms with van der Waals surface area (Å²) in [6, 6.07) is 0.0729. The minimum Gasteiger partial charge on any atom is -0.348 e. The van der Waals surface area contributed by atoms with Gasteiger partial charge in [-0.25, -0.2) is 5.01 Å². The smallest absolute Gasteiger partial charge is 0.267 e. The lowest BCUT2D eigenvalue weighted by molar-refractivity contribution is -0.130. The van der Waals surface area contributed by atoms with E-state index in [1.807, 2.05) is 0 Å². The Balaban J connectivity index is 1.85. The van der Waals surface area contributed by atoms with Crippen LogP contribution in [0.15, 0.2) is 5.10 Å². The normalized spacial score (nSPS) is 20.7. The molecule has 2 aliphatic heterocycles. The Bertz CT molecular complexity index is 453. The molecule has 2 heterocycles. The van der Waals surface area contributed by atoms with Crippen molar-refractivity contribution in [3.63, 3.8) is 0 Å². The second-order valence-corrected chi connectivity index (χ2v) is 5.22. The molecule has 0 spiro atoms. The van der Waals surface area contributed by atoms with E-state index in [0.717, 1.165) is 12.8 Å². The monoisotopic (exact) mass is 280 g/mol. The van der Waals surface area contributed by atoms with Gasteiger partial charge in [0.2, 0.25) is 11.8 Å². The van der Waals surface area contributed by atoms with Crippen LogP contribution in [0.1, 0.15) is 32.6 Å². The third-order valence-corrected chi connectivity index (χ3v) is 3.74. The van der Waals surface area contributed by atoms with E-state index in [-0.39, 0.29) is 23.8 Å². The van der Waals surface area contributed by atoms with Gasteiger partial charge in [0, 0.05) is 45.9 Å². The van der Waals surface area contributed by atoms with Gasteiger partial charge in [-0.15, -0.1) is 0 Å². The van der Waals surface area contributed by atoms with Crippen LogP contribution < -0.4 is 5.32 Å². The lowest BCUT2D eigenvalue weighted by Crippen LogP contribution is -2.48. The average molecular weight is 280 g/mol. The molecular weight excluding hydrogens is 260 g/mol. The predicted molar refractivity (Wildman–Crippen MR) is 72.9 cm³/mol. The van der Waals surface area contributed by atoms with Crippen molar-refractivity contribution < 1.29 is 14.4 Å². The van der Waals surface area contributed by atoms with E-state index in [1.165, 1.54) is 5.01 Å². The van der Waals surface area contributed by atoms with Crippen molar-refractivity contribution in [2.24, 2.45) is 5.10 Å². The highest BCUT2D eigenvalue weighted by Gasteiger charge is 2.26. The highest BCUT2D eigenvalue weighted by molar-refractivity contribution is 6.39. The Labute approximate surface area is 118 Å². The molecule has 110 valence electrons. The molecule has 2 aliphatic rings. The summed E-state index contributed by atoms with van der Waals surface area (Å²) in [5.41, 5.74) is 0.404. The molecule has 0 unspecified atom stereocenters. The number of hydrogen-bond donors (Lipinski definition) is 1. The van der Waals surface area contributed by atoms with Crippen LogP contribution in [0.4, 0.5) is 0 Å². The van der Waals surface area contributed by atoms with Crippen LogP contribution in [0.5, 0.6) is 0 Å². The molecule has 0 aliphatic carbocycles. The fourth-order valence-electron chi connectivity index (χ4n) is 2.44. The summed E-state index contributed by atoms with van der Waals surface area (Å²) in [7, 11) is 1.56. The van der Waals surface area contributed by atoms with Gasteiger partial charge in [-0.05, 0) is 12.8 Å². The molecule has 20 heavy (non-hydrogen) atoms. The number of piperidine rings is 1. The summed E-state index contributed by atoms with van der Waals surface area (Å²) in [4.78, 5) is 36.4. The van der Waals surface area contributed by atoms with Crippen LogP contribution in [0.25, 0.3) is 0 Å². The molecule has 7 nitrogen and oxygen atoms in total. The van der Waals surface area contributed by atoms with Crippen molar-refractivity contribution in [2.45, 2.75) is 38.6 Å². The standard InChI is InChI=1S/C13H20N4O3/c1-9(18)17-7-5-10(6-8-17)14-13(20)11-3-4-12(19)16(2)15-11/h10H,3-8H2,1-2H3,(H,14,20). The van der Waals surface area contributed by atoms with E-state index in [4.69, 9.17) is 0 Å². The van der Waals surface area contributed by atoms with Gasteiger partial charge in [0.15, 0.2) is 0 Å². The fraction of sp³-hybridized carbons (Fsp3) is 0.692. The van der Waals surface area contributed by atoms with Gasteiger partial charge in [0.25, 0.3) is 5.91 Å². The van der Waals surface area contributed by atoms with Gasteiger partial charge >= 0.3 is 0 Å². The Kier molecular flexibility index (Phi) is 4.36. The maximum absolute atomic E-state index is 12.1. The molecule has 0 bridgehead atoms. The first-order chi connectivity index (χ1) is 9.47. The van der Waals surface area contributed by atoms with Crippen LogP contribution in [0.2, 0.25) is 0 Å². The molecule has 0 aromatic rings. The van der Waals surface area contributed by atoms with Gasteiger partial charge in [-0.3, -0.25) is 14.4 Å². The summed E-state index contributed by atoms with van der Waals surface area (Å²) >= 11 is 0. The summed E-state index contributed by atoms with van der Waals surface area (Å²) in [5.74, 6) is -0.200. The topological polar surface area (TPSA) is 82.1 Å². The number of nitrogens with zero attached hydrogens (tertiary/aromatic N) is 3. The summed E-state index contributed by atoms with van der Waals surface area (Å²) in [6.07, 6.45) is 2.23. The van der Waals surface area contributed by atoms with E-state index in [2.05, 4.69) is 10.4 Å². The molecule has 1 saturated heterocycles. The van der Waals surface area contributed by atoms with Crippen LogP contribution in [-0.2, 0) is 14.4 Å². The maximum Gasteiger partial charge on any atom is 0.267 e. The minimum absolute atomic E-state index is 0.0729. The molecule has 0 atom stereocenters. The molecule has 3 amide bonds. The third kappa shape index (κ3) is 3.34. The number of hydrogen-bond acceptors (Lipinski definition) is 4. The van der Waals surface area contributed by atoms with E-state index in [0.29, 0.717) is 31.6 Å². The molecule has 0 radical (unpaired) electrons. The number of amides is 3. The highest BCUT2D eigenvalue weighted by Crippen LogP contribution is 2.12. The second kappa shape index (κ2) is 6.02. The summed E-state index contributed by atoms with van der Waals surface area (Å²) < 4.78 is 0. The largest absolute Gasteiger partial charge is 0.348 e. The SMILES string of the molecule is CC(=O)N1CCC(NC(=O)C2=NN(C)C(=O)CC2)CC1. The van der Waals surface area contributed by atoms with Crippen molar-refractivity contribution in [2.75, 3.05) is 20.1 Å². The van der Waals surface area contributed by atoms with E-state index in [1.54, 1.807) is 18.9 Å². The summed E-state index contributed by atoms with van der Waals surface area (Å²) in [5, 5.41) is 8.15. The third-order valence-electron chi connectivity index (χ3n) is 3.74. The number of carbonyl (C=O) groups excluding carboxylic acids is 3. The van der Waals surface area contributed by atoms with Gasteiger partial charge in [0.1, 0.15) is 5.71 Å². The van der Waals surface area contributed by atoms with Crippen LogP contribution in [0, 0.1) is 0 Å². The van der Waals surface area contributed by atoms with E-state index in [9.17, 15) is 14.4 Å². The molecule has 1 N–H and O–H groups in total. The second-order valence-electron chi connectivity index (χ2n) is 5.22.